The summed E-state index contributed by atoms with van der Waals surface area (Å²) in [6, 6.07) is 11.7. The molecule has 0 atom stereocenters. The number of terminal acetylenes is 1. The van der Waals surface area contributed by atoms with Crippen LogP contribution in [0.4, 0.5) is 0 Å². The zero-order valence-corrected chi connectivity index (χ0v) is 7.68. The summed E-state index contributed by atoms with van der Waals surface area (Å²) in [5.74, 6) is 2.60. The summed E-state index contributed by atoms with van der Waals surface area (Å²) in [4.78, 5) is 0. The largest absolute Gasteiger partial charge is 0.115 e. The van der Waals surface area contributed by atoms with Gasteiger partial charge in [-0.05, 0) is 35.0 Å². The lowest BCUT2D eigenvalue weighted by Gasteiger charge is -1.98. The SMILES string of the molecule is C#Cc1ccc2ccc(Cl)cc2c1. The smallest absolute Gasteiger partial charge is 0.0412 e. The van der Waals surface area contributed by atoms with E-state index in [0.29, 0.717) is 0 Å². The molecule has 0 aliphatic heterocycles. The summed E-state index contributed by atoms with van der Waals surface area (Å²) < 4.78 is 0. The first-order chi connectivity index (χ1) is 6.29. The van der Waals surface area contributed by atoms with Crippen molar-refractivity contribution >= 4 is 22.4 Å². The third-order valence-electron chi connectivity index (χ3n) is 1.97. The molecule has 0 aliphatic rings. The lowest BCUT2D eigenvalue weighted by Crippen LogP contribution is -1.76. The maximum Gasteiger partial charge on any atom is 0.0412 e. The molecule has 13 heavy (non-hydrogen) atoms. The van der Waals surface area contributed by atoms with E-state index in [0.717, 1.165) is 21.4 Å². The predicted molar refractivity (Wildman–Crippen MR) is 56.9 cm³/mol. The molecular weight excluding hydrogens is 180 g/mol. The Bertz CT molecular complexity index is 492. The third-order valence-corrected chi connectivity index (χ3v) is 2.20. The number of hydrogen-bond acceptors (Lipinski definition) is 0. The van der Waals surface area contributed by atoms with E-state index in [-0.39, 0.29) is 0 Å². The van der Waals surface area contributed by atoms with Crippen LogP contribution >= 0.6 is 11.6 Å². The minimum atomic E-state index is 0.738. The Morgan fingerprint density at radius 2 is 1.77 bits per heavy atom. The highest BCUT2D eigenvalue weighted by Crippen LogP contribution is 2.20. The highest BCUT2D eigenvalue weighted by molar-refractivity contribution is 6.31. The van der Waals surface area contributed by atoms with Crippen LogP contribution in [0.25, 0.3) is 10.8 Å². The number of benzene rings is 2. The molecule has 1 heteroatoms. The predicted octanol–water partition coefficient (Wildman–Crippen LogP) is 3.47. The molecule has 0 saturated heterocycles. The summed E-state index contributed by atoms with van der Waals surface area (Å²) >= 11 is 5.86. The van der Waals surface area contributed by atoms with E-state index >= 15 is 0 Å². The van der Waals surface area contributed by atoms with Gasteiger partial charge in [-0.2, -0.15) is 0 Å². The van der Waals surface area contributed by atoms with Crippen LogP contribution in [0.1, 0.15) is 5.56 Å². The van der Waals surface area contributed by atoms with E-state index in [1.165, 1.54) is 0 Å². The van der Waals surface area contributed by atoms with Crippen LogP contribution in [-0.2, 0) is 0 Å². The second-order valence-corrected chi connectivity index (χ2v) is 3.29. The first-order valence-corrected chi connectivity index (χ1v) is 4.33. The Labute approximate surface area is 82.1 Å². The van der Waals surface area contributed by atoms with E-state index in [4.69, 9.17) is 18.0 Å². The summed E-state index contributed by atoms with van der Waals surface area (Å²) in [6.45, 7) is 0. The molecule has 0 spiro atoms. The van der Waals surface area contributed by atoms with Gasteiger partial charge < -0.3 is 0 Å². The minimum Gasteiger partial charge on any atom is -0.115 e. The molecule has 0 heterocycles. The maximum atomic E-state index is 5.86. The van der Waals surface area contributed by atoms with Crippen molar-refractivity contribution in [1.29, 1.82) is 0 Å². The Kier molecular flexibility index (Phi) is 1.96. The fourth-order valence-electron chi connectivity index (χ4n) is 1.31. The lowest BCUT2D eigenvalue weighted by molar-refractivity contribution is 1.70. The van der Waals surface area contributed by atoms with Crippen molar-refractivity contribution in [2.24, 2.45) is 0 Å². The monoisotopic (exact) mass is 186 g/mol. The van der Waals surface area contributed by atoms with Crippen LogP contribution in [0.3, 0.4) is 0 Å². The Morgan fingerprint density at radius 1 is 1.00 bits per heavy atom. The normalized spacial score (nSPS) is 9.85. The van der Waals surface area contributed by atoms with Gasteiger partial charge in [0.25, 0.3) is 0 Å². The Morgan fingerprint density at radius 3 is 2.54 bits per heavy atom. The van der Waals surface area contributed by atoms with Gasteiger partial charge in [-0.25, -0.2) is 0 Å². The highest BCUT2D eigenvalue weighted by atomic mass is 35.5. The third kappa shape index (κ3) is 1.52. The zero-order valence-electron chi connectivity index (χ0n) is 6.92. The second kappa shape index (κ2) is 3.12. The topological polar surface area (TPSA) is 0 Å². The molecule has 2 aromatic rings. The van der Waals surface area contributed by atoms with Crippen LogP contribution in [0.15, 0.2) is 36.4 Å². The van der Waals surface area contributed by atoms with Gasteiger partial charge in [-0.15, -0.1) is 6.42 Å². The van der Waals surface area contributed by atoms with Crippen molar-refractivity contribution in [3.05, 3.63) is 47.0 Å². The molecule has 0 saturated carbocycles. The Balaban J connectivity index is 2.77. The lowest BCUT2D eigenvalue weighted by atomic mass is 10.1. The maximum absolute atomic E-state index is 5.86. The molecule has 62 valence electrons. The molecular formula is C12H7Cl. The standard InChI is InChI=1S/C12H7Cl/c1-2-9-3-4-10-5-6-12(13)8-11(10)7-9/h1,3-8H. The van der Waals surface area contributed by atoms with Crippen LogP contribution in [-0.4, -0.2) is 0 Å². The first-order valence-electron chi connectivity index (χ1n) is 3.95. The van der Waals surface area contributed by atoms with Crippen LogP contribution < -0.4 is 0 Å². The fraction of sp³-hybridized carbons (Fsp3) is 0. The van der Waals surface area contributed by atoms with Gasteiger partial charge in [0.05, 0.1) is 0 Å². The van der Waals surface area contributed by atoms with Crippen LogP contribution in [0.2, 0.25) is 5.02 Å². The van der Waals surface area contributed by atoms with Gasteiger partial charge in [0.15, 0.2) is 0 Å². The van der Waals surface area contributed by atoms with Gasteiger partial charge in [0.1, 0.15) is 0 Å². The van der Waals surface area contributed by atoms with Crippen molar-refractivity contribution in [3.8, 4) is 12.3 Å². The minimum absolute atomic E-state index is 0.738. The van der Waals surface area contributed by atoms with Crippen molar-refractivity contribution in [1.82, 2.24) is 0 Å². The van der Waals surface area contributed by atoms with E-state index in [2.05, 4.69) is 5.92 Å². The van der Waals surface area contributed by atoms with Crippen molar-refractivity contribution in [3.63, 3.8) is 0 Å². The number of fused-ring (bicyclic) bond motifs is 1. The molecule has 0 aliphatic carbocycles. The molecule has 0 nitrogen and oxygen atoms in total. The molecule has 0 amide bonds. The second-order valence-electron chi connectivity index (χ2n) is 2.85. The van der Waals surface area contributed by atoms with Gasteiger partial charge in [-0.1, -0.05) is 29.7 Å². The summed E-state index contributed by atoms with van der Waals surface area (Å²) in [5, 5.41) is 2.98. The van der Waals surface area contributed by atoms with Gasteiger partial charge in [-0.3, -0.25) is 0 Å². The zero-order chi connectivity index (χ0) is 9.26. The summed E-state index contributed by atoms with van der Waals surface area (Å²) in [7, 11) is 0. The van der Waals surface area contributed by atoms with E-state index in [1.807, 2.05) is 36.4 Å². The number of rotatable bonds is 0. The average molecular weight is 187 g/mol. The number of halogens is 1. The van der Waals surface area contributed by atoms with Crippen LogP contribution in [0.5, 0.6) is 0 Å². The van der Waals surface area contributed by atoms with E-state index < -0.39 is 0 Å². The molecule has 2 rings (SSSR count). The molecule has 0 unspecified atom stereocenters. The van der Waals surface area contributed by atoms with Crippen molar-refractivity contribution in [2.75, 3.05) is 0 Å². The quantitative estimate of drug-likeness (QED) is 0.553. The van der Waals surface area contributed by atoms with E-state index in [9.17, 15) is 0 Å². The Hall–Kier alpha value is -1.45. The first kappa shape index (κ1) is 8.16. The summed E-state index contributed by atoms with van der Waals surface area (Å²) in [5.41, 5.74) is 0.884. The van der Waals surface area contributed by atoms with Gasteiger partial charge >= 0.3 is 0 Å². The van der Waals surface area contributed by atoms with Crippen molar-refractivity contribution < 1.29 is 0 Å². The highest BCUT2D eigenvalue weighted by Gasteiger charge is 1.95. The fourth-order valence-corrected chi connectivity index (χ4v) is 1.49. The number of hydrogen-bond donors (Lipinski definition) is 0. The molecule has 0 aromatic heterocycles. The molecule has 0 radical (unpaired) electrons. The van der Waals surface area contributed by atoms with Gasteiger partial charge in [0.2, 0.25) is 0 Å². The molecule has 0 N–H and O–H groups in total. The molecule has 0 bridgehead atoms. The van der Waals surface area contributed by atoms with E-state index in [1.54, 1.807) is 0 Å². The molecule has 2 aromatic carbocycles. The average Bonchev–Trinajstić information content (AvgIpc) is 2.16. The molecule has 0 fully saturated rings. The van der Waals surface area contributed by atoms with Crippen molar-refractivity contribution in [2.45, 2.75) is 0 Å². The van der Waals surface area contributed by atoms with Crippen LogP contribution in [0, 0.1) is 12.3 Å². The van der Waals surface area contributed by atoms with Gasteiger partial charge in [0, 0.05) is 10.6 Å². The summed E-state index contributed by atoms with van der Waals surface area (Å²) in [6.07, 6.45) is 5.30.